The van der Waals surface area contributed by atoms with Gasteiger partial charge in [-0.2, -0.15) is 5.26 Å². The van der Waals surface area contributed by atoms with E-state index in [1.54, 1.807) is 6.07 Å². The molecule has 0 amide bonds. The smallest absolute Gasteiger partial charge is 0.166 e. The minimum absolute atomic E-state index is 0.158. The van der Waals surface area contributed by atoms with Crippen LogP contribution in [0.25, 0.3) is 0 Å². The summed E-state index contributed by atoms with van der Waals surface area (Å²) in [6, 6.07) is 7.64. The number of fused-ring (bicyclic) bond motifs is 1. The Hall–Kier alpha value is -1.62. The number of rotatable bonds is 7. The van der Waals surface area contributed by atoms with Gasteiger partial charge >= 0.3 is 0 Å². The molecule has 1 aromatic rings. The lowest BCUT2D eigenvalue weighted by Crippen LogP contribution is -2.08. The van der Waals surface area contributed by atoms with Crippen LogP contribution >= 0.6 is 0 Å². The van der Waals surface area contributed by atoms with Gasteiger partial charge in [0.1, 0.15) is 0 Å². The number of nitriles is 1. The minimum atomic E-state index is 0.158. The topological polar surface area (TPSA) is 40.9 Å². The molecule has 0 spiro atoms. The van der Waals surface area contributed by atoms with Gasteiger partial charge in [-0.05, 0) is 30.5 Å². The van der Waals surface area contributed by atoms with Gasteiger partial charge in [-0.25, -0.2) is 0 Å². The summed E-state index contributed by atoms with van der Waals surface area (Å²) in [5.74, 6) is 0.413. The lowest BCUT2D eigenvalue weighted by Gasteiger charge is -2.07. The molecule has 1 unspecified atom stereocenters. The Labute approximate surface area is 121 Å². The van der Waals surface area contributed by atoms with Crippen LogP contribution in [0.15, 0.2) is 18.2 Å². The van der Waals surface area contributed by atoms with E-state index in [2.05, 4.69) is 13.0 Å². The molecule has 1 aromatic carbocycles. The largest absolute Gasteiger partial charge is 0.294 e. The second-order valence-electron chi connectivity index (χ2n) is 5.81. The highest BCUT2D eigenvalue weighted by Gasteiger charge is 2.29. The number of unbranched alkanes of at least 4 members (excludes halogenated alkanes) is 5. The van der Waals surface area contributed by atoms with Crippen molar-refractivity contribution in [1.82, 2.24) is 0 Å². The van der Waals surface area contributed by atoms with E-state index in [1.165, 1.54) is 32.1 Å². The van der Waals surface area contributed by atoms with Gasteiger partial charge in [-0.1, -0.05) is 51.5 Å². The Kier molecular flexibility index (Phi) is 5.35. The van der Waals surface area contributed by atoms with Crippen molar-refractivity contribution >= 4 is 5.78 Å². The van der Waals surface area contributed by atoms with E-state index in [0.717, 1.165) is 30.4 Å². The fourth-order valence-electron chi connectivity index (χ4n) is 3.04. The summed E-state index contributed by atoms with van der Waals surface area (Å²) in [6.45, 7) is 2.23. The third-order valence-electron chi connectivity index (χ3n) is 4.25. The molecule has 0 bridgehead atoms. The highest BCUT2D eigenvalue weighted by molar-refractivity contribution is 6.02. The predicted octanol–water partition coefficient (Wildman–Crippen LogP) is 4.66. The first-order valence-corrected chi connectivity index (χ1v) is 7.83. The van der Waals surface area contributed by atoms with Crippen LogP contribution in [0, 0.1) is 17.2 Å². The molecule has 0 N–H and O–H groups in total. The van der Waals surface area contributed by atoms with Gasteiger partial charge in [0.05, 0.1) is 11.6 Å². The minimum Gasteiger partial charge on any atom is -0.294 e. The Morgan fingerprint density at radius 1 is 1.20 bits per heavy atom. The summed E-state index contributed by atoms with van der Waals surface area (Å²) in [5.41, 5.74) is 2.52. The van der Waals surface area contributed by atoms with E-state index in [4.69, 9.17) is 5.26 Å². The molecule has 1 atom stereocenters. The van der Waals surface area contributed by atoms with Crippen molar-refractivity contribution in [3.63, 3.8) is 0 Å². The fraction of sp³-hybridized carbons (Fsp3) is 0.556. The second-order valence-corrected chi connectivity index (χ2v) is 5.81. The Morgan fingerprint density at radius 3 is 2.70 bits per heavy atom. The standard InChI is InChI=1S/C18H23NO/c1-2-3-4-5-6-7-8-16-12-15-10-9-14(13-19)11-17(15)18(16)20/h9-11,16H,2-8,12H2,1H3. The van der Waals surface area contributed by atoms with Gasteiger partial charge in [-0.15, -0.1) is 0 Å². The average Bonchev–Trinajstić information content (AvgIpc) is 2.79. The molecule has 2 nitrogen and oxygen atoms in total. The zero-order valence-electron chi connectivity index (χ0n) is 12.3. The molecule has 0 aliphatic heterocycles. The number of hydrogen-bond donors (Lipinski definition) is 0. The normalized spacial score (nSPS) is 17.0. The first-order chi connectivity index (χ1) is 9.76. The Morgan fingerprint density at radius 2 is 1.95 bits per heavy atom. The van der Waals surface area contributed by atoms with Crippen molar-refractivity contribution in [2.45, 2.75) is 58.3 Å². The van der Waals surface area contributed by atoms with E-state index in [-0.39, 0.29) is 11.7 Å². The highest BCUT2D eigenvalue weighted by Crippen LogP contribution is 2.30. The van der Waals surface area contributed by atoms with Crippen LogP contribution < -0.4 is 0 Å². The molecule has 0 heterocycles. The molecule has 0 saturated heterocycles. The van der Waals surface area contributed by atoms with Crippen LogP contribution in [0.4, 0.5) is 0 Å². The summed E-state index contributed by atoms with van der Waals surface area (Å²) in [4.78, 5) is 12.3. The Balaban J connectivity index is 1.82. The maximum absolute atomic E-state index is 12.3. The van der Waals surface area contributed by atoms with Crippen LogP contribution in [-0.2, 0) is 6.42 Å². The number of ketones is 1. The molecule has 2 rings (SSSR count). The number of nitrogens with zero attached hydrogens (tertiary/aromatic N) is 1. The summed E-state index contributed by atoms with van der Waals surface area (Å²) in [5, 5.41) is 8.90. The lowest BCUT2D eigenvalue weighted by molar-refractivity contribution is 0.0929. The van der Waals surface area contributed by atoms with Gasteiger partial charge in [0.15, 0.2) is 5.78 Å². The Bertz CT molecular complexity index is 513. The number of hydrogen-bond acceptors (Lipinski definition) is 2. The molecule has 0 fully saturated rings. The summed E-state index contributed by atoms with van der Waals surface area (Å²) in [6.07, 6.45) is 9.47. The zero-order valence-corrected chi connectivity index (χ0v) is 12.3. The third kappa shape index (κ3) is 3.48. The number of carbonyl (C=O) groups is 1. The summed E-state index contributed by atoms with van der Waals surface area (Å²) >= 11 is 0. The first-order valence-electron chi connectivity index (χ1n) is 7.83. The molecule has 106 valence electrons. The van der Waals surface area contributed by atoms with E-state index in [9.17, 15) is 4.79 Å². The fourth-order valence-corrected chi connectivity index (χ4v) is 3.04. The lowest BCUT2D eigenvalue weighted by atomic mass is 9.97. The molecule has 1 aliphatic carbocycles. The second kappa shape index (κ2) is 7.24. The molecule has 2 heteroatoms. The third-order valence-corrected chi connectivity index (χ3v) is 4.25. The van der Waals surface area contributed by atoms with Crippen LogP contribution in [0.2, 0.25) is 0 Å². The van der Waals surface area contributed by atoms with Crippen molar-refractivity contribution in [3.8, 4) is 6.07 Å². The zero-order chi connectivity index (χ0) is 14.4. The van der Waals surface area contributed by atoms with E-state index >= 15 is 0 Å². The maximum Gasteiger partial charge on any atom is 0.166 e. The van der Waals surface area contributed by atoms with Crippen LogP contribution in [-0.4, -0.2) is 5.78 Å². The molecule has 0 radical (unpaired) electrons. The van der Waals surface area contributed by atoms with E-state index in [0.29, 0.717) is 5.56 Å². The summed E-state index contributed by atoms with van der Waals surface area (Å²) in [7, 11) is 0. The van der Waals surface area contributed by atoms with Gasteiger partial charge in [0.25, 0.3) is 0 Å². The molecular formula is C18H23NO. The van der Waals surface area contributed by atoms with Gasteiger partial charge < -0.3 is 0 Å². The number of carbonyl (C=O) groups excluding carboxylic acids is 1. The van der Waals surface area contributed by atoms with Gasteiger partial charge in [0.2, 0.25) is 0 Å². The van der Waals surface area contributed by atoms with Crippen molar-refractivity contribution < 1.29 is 4.79 Å². The molecule has 1 aliphatic rings. The van der Waals surface area contributed by atoms with Crippen molar-refractivity contribution in [3.05, 3.63) is 34.9 Å². The molecule has 0 saturated carbocycles. The monoisotopic (exact) mass is 269 g/mol. The average molecular weight is 269 g/mol. The highest BCUT2D eigenvalue weighted by atomic mass is 16.1. The van der Waals surface area contributed by atoms with E-state index in [1.807, 2.05) is 12.1 Å². The molecule has 20 heavy (non-hydrogen) atoms. The first kappa shape index (κ1) is 14.8. The quantitative estimate of drug-likeness (QED) is 0.675. The van der Waals surface area contributed by atoms with Gasteiger partial charge in [-0.3, -0.25) is 4.79 Å². The van der Waals surface area contributed by atoms with Crippen LogP contribution in [0.1, 0.15) is 73.4 Å². The predicted molar refractivity (Wildman–Crippen MR) is 80.7 cm³/mol. The molecule has 0 aromatic heterocycles. The van der Waals surface area contributed by atoms with Crippen molar-refractivity contribution in [1.29, 1.82) is 5.26 Å². The van der Waals surface area contributed by atoms with Gasteiger partial charge in [0, 0.05) is 11.5 Å². The van der Waals surface area contributed by atoms with Crippen LogP contribution in [0.3, 0.4) is 0 Å². The summed E-state index contributed by atoms with van der Waals surface area (Å²) < 4.78 is 0. The number of Topliss-reactive ketones (excluding diaryl/α,β-unsaturated/α-hetero) is 1. The van der Waals surface area contributed by atoms with E-state index < -0.39 is 0 Å². The number of benzene rings is 1. The molecular weight excluding hydrogens is 246 g/mol. The SMILES string of the molecule is CCCCCCCCC1Cc2ccc(C#N)cc2C1=O. The maximum atomic E-state index is 12.3. The van der Waals surface area contributed by atoms with Crippen LogP contribution in [0.5, 0.6) is 0 Å². The van der Waals surface area contributed by atoms with Crippen molar-refractivity contribution in [2.24, 2.45) is 5.92 Å². The van der Waals surface area contributed by atoms with Crippen molar-refractivity contribution in [2.75, 3.05) is 0 Å².